The molecule has 0 bridgehead atoms. The van der Waals surface area contributed by atoms with Crippen molar-refractivity contribution in [1.82, 2.24) is 14.6 Å². The second-order valence-electron chi connectivity index (χ2n) is 10.4. The minimum atomic E-state index is -0.585. The van der Waals surface area contributed by atoms with Crippen LogP contribution >= 0.6 is 0 Å². The Bertz CT molecular complexity index is 1720. The molecule has 0 radical (unpaired) electrons. The zero-order chi connectivity index (χ0) is 28.6. The van der Waals surface area contributed by atoms with Gasteiger partial charge in [0.25, 0.3) is 0 Å². The lowest BCUT2D eigenvalue weighted by Gasteiger charge is -2.14. The summed E-state index contributed by atoms with van der Waals surface area (Å²) in [5.41, 5.74) is 6.67. The number of benzene rings is 3. The number of hydrogen-bond acceptors (Lipinski definition) is 6. The summed E-state index contributed by atoms with van der Waals surface area (Å²) in [5.74, 6) is -0.172. The molecular weight excluding hydrogens is 516 g/mol. The van der Waals surface area contributed by atoms with Crippen LogP contribution in [0.25, 0.3) is 28.0 Å². The Hall–Kier alpha value is -4.98. The molecule has 0 aliphatic heterocycles. The van der Waals surface area contributed by atoms with Crippen molar-refractivity contribution < 1.29 is 19.1 Å². The Labute approximate surface area is 238 Å². The van der Waals surface area contributed by atoms with Gasteiger partial charge in [-0.1, -0.05) is 78.9 Å². The highest BCUT2D eigenvalue weighted by Gasteiger charge is 2.52. The third kappa shape index (κ3) is 5.04. The van der Waals surface area contributed by atoms with Crippen molar-refractivity contribution in [2.45, 2.75) is 38.2 Å². The van der Waals surface area contributed by atoms with Gasteiger partial charge >= 0.3 is 12.1 Å². The number of aromatic nitrogens is 3. The van der Waals surface area contributed by atoms with Gasteiger partial charge in [-0.25, -0.2) is 14.3 Å². The molecule has 8 heteroatoms. The van der Waals surface area contributed by atoms with Gasteiger partial charge in [0, 0.05) is 17.5 Å². The van der Waals surface area contributed by atoms with E-state index >= 15 is 0 Å². The number of anilines is 1. The number of esters is 1. The summed E-state index contributed by atoms with van der Waals surface area (Å²) in [6, 6.07) is 27.5. The van der Waals surface area contributed by atoms with E-state index in [2.05, 4.69) is 10.3 Å². The molecule has 6 rings (SSSR count). The van der Waals surface area contributed by atoms with Crippen LogP contribution in [0, 0.1) is 6.92 Å². The van der Waals surface area contributed by atoms with E-state index < -0.39 is 17.6 Å². The maximum Gasteiger partial charge on any atom is 0.412 e. The van der Waals surface area contributed by atoms with E-state index in [1.165, 1.54) is 7.11 Å². The van der Waals surface area contributed by atoms with Gasteiger partial charge in [0.05, 0.1) is 12.5 Å². The highest BCUT2D eigenvalue weighted by atomic mass is 16.6. The number of ether oxygens (including phenoxy) is 2. The summed E-state index contributed by atoms with van der Waals surface area (Å²) in [4.78, 5) is 29.9. The van der Waals surface area contributed by atoms with Crippen LogP contribution in [0.1, 0.15) is 42.7 Å². The number of carbonyl (C=O) groups is 2. The highest BCUT2D eigenvalue weighted by molar-refractivity contribution is 5.97. The number of hydrogen-bond donors (Lipinski definition) is 1. The van der Waals surface area contributed by atoms with Crippen LogP contribution in [-0.2, 0) is 19.7 Å². The van der Waals surface area contributed by atoms with Crippen molar-refractivity contribution in [3.8, 4) is 22.4 Å². The van der Waals surface area contributed by atoms with Gasteiger partial charge in [0.15, 0.2) is 5.65 Å². The summed E-state index contributed by atoms with van der Waals surface area (Å²) in [6.45, 7) is 3.72. The molecule has 2 heterocycles. The Morgan fingerprint density at radius 3 is 2.17 bits per heavy atom. The van der Waals surface area contributed by atoms with Gasteiger partial charge in [-0.15, -0.1) is 0 Å². The first-order chi connectivity index (χ1) is 19.9. The average molecular weight is 547 g/mol. The number of rotatable bonds is 7. The Morgan fingerprint density at radius 2 is 1.54 bits per heavy atom. The Kier molecular flexibility index (Phi) is 6.75. The molecule has 1 N–H and O–H groups in total. The molecule has 5 aromatic rings. The van der Waals surface area contributed by atoms with E-state index in [1.54, 1.807) is 4.52 Å². The summed E-state index contributed by atoms with van der Waals surface area (Å²) in [5, 5.41) is 7.63. The van der Waals surface area contributed by atoms with Crippen LogP contribution in [0.4, 0.5) is 10.5 Å². The first-order valence-electron chi connectivity index (χ1n) is 13.6. The number of amides is 1. The fourth-order valence-electron chi connectivity index (χ4n) is 5.15. The number of aryl methyl sites for hydroxylation is 1. The van der Waals surface area contributed by atoms with E-state index in [1.807, 2.05) is 105 Å². The summed E-state index contributed by atoms with van der Waals surface area (Å²) < 4.78 is 12.3. The molecule has 1 saturated carbocycles. The predicted molar refractivity (Wildman–Crippen MR) is 156 cm³/mol. The van der Waals surface area contributed by atoms with E-state index in [-0.39, 0.29) is 5.97 Å². The van der Waals surface area contributed by atoms with Gasteiger partial charge in [-0.2, -0.15) is 5.10 Å². The largest absolute Gasteiger partial charge is 0.468 e. The number of nitrogens with zero attached hydrogens (tertiary/aromatic N) is 3. The van der Waals surface area contributed by atoms with Crippen molar-refractivity contribution >= 4 is 23.4 Å². The maximum absolute atomic E-state index is 13.0. The molecule has 1 fully saturated rings. The molecule has 1 atom stereocenters. The van der Waals surface area contributed by atoms with Crippen LogP contribution < -0.4 is 5.32 Å². The fraction of sp³-hybridized carbons (Fsp3) is 0.212. The Morgan fingerprint density at radius 1 is 0.902 bits per heavy atom. The Balaban J connectivity index is 1.27. The maximum atomic E-state index is 13.0. The molecule has 8 nitrogen and oxygen atoms in total. The lowest BCUT2D eigenvalue weighted by molar-refractivity contribution is -0.143. The third-order valence-electron chi connectivity index (χ3n) is 7.66. The molecule has 0 saturated heterocycles. The van der Waals surface area contributed by atoms with Crippen molar-refractivity contribution in [3.05, 3.63) is 108 Å². The van der Waals surface area contributed by atoms with Crippen LogP contribution in [0.5, 0.6) is 0 Å². The van der Waals surface area contributed by atoms with E-state index in [0.29, 0.717) is 17.0 Å². The van der Waals surface area contributed by atoms with Crippen LogP contribution in [0.2, 0.25) is 0 Å². The second-order valence-corrected chi connectivity index (χ2v) is 10.4. The number of nitrogens with one attached hydrogen (secondary N) is 1. The van der Waals surface area contributed by atoms with Gasteiger partial charge in [-0.3, -0.25) is 10.1 Å². The van der Waals surface area contributed by atoms with Gasteiger partial charge in [-0.05, 0) is 55.0 Å². The smallest absolute Gasteiger partial charge is 0.412 e. The van der Waals surface area contributed by atoms with Crippen molar-refractivity contribution in [2.24, 2.45) is 0 Å². The molecule has 206 valence electrons. The summed E-state index contributed by atoms with van der Waals surface area (Å²) in [7, 11) is 1.44. The molecule has 1 unspecified atom stereocenters. The number of fused-ring (bicyclic) bond motifs is 1. The predicted octanol–water partition coefficient (Wildman–Crippen LogP) is 6.89. The number of carbonyl (C=O) groups excluding carboxylic acids is 2. The second kappa shape index (κ2) is 10.5. The van der Waals surface area contributed by atoms with Crippen LogP contribution in [0.3, 0.4) is 0 Å². The van der Waals surface area contributed by atoms with Crippen LogP contribution in [0.15, 0.2) is 91.1 Å². The molecule has 1 aliphatic carbocycles. The summed E-state index contributed by atoms with van der Waals surface area (Å²) in [6.07, 6.45) is 2.44. The molecule has 1 amide bonds. The lowest BCUT2D eigenvalue weighted by atomic mass is 9.93. The molecule has 0 spiro atoms. The van der Waals surface area contributed by atoms with E-state index in [4.69, 9.17) is 14.6 Å². The lowest BCUT2D eigenvalue weighted by Crippen LogP contribution is -2.21. The van der Waals surface area contributed by atoms with Gasteiger partial charge < -0.3 is 9.47 Å². The topological polar surface area (TPSA) is 94.8 Å². The van der Waals surface area contributed by atoms with Crippen molar-refractivity contribution in [3.63, 3.8) is 0 Å². The molecule has 2 aromatic heterocycles. The normalized spacial score (nSPS) is 14.3. The SMILES string of the molecule is COC(=O)C1(c2ccc(-c3ccc(-c4nn5ccc(C)nc5c4NC(=O)OC(C)c4ccccc4)cc3)cc2)CC1. The zero-order valence-electron chi connectivity index (χ0n) is 23.1. The average Bonchev–Trinajstić information content (AvgIpc) is 3.75. The molecule has 41 heavy (non-hydrogen) atoms. The first-order valence-corrected chi connectivity index (χ1v) is 13.6. The third-order valence-corrected chi connectivity index (χ3v) is 7.66. The number of methoxy groups -OCH3 is 1. The highest BCUT2D eigenvalue weighted by Crippen LogP contribution is 2.49. The minimum Gasteiger partial charge on any atom is -0.468 e. The minimum absolute atomic E-state index is 0.172. The molecule has 1 aliphatic rings. The van der Waals surface area contributed by atoms with Gasteiger partial charge in [0.1, 0.15) is 17.5 Å². The fourth-order valence-corrected chi connectivity index (χ4v) is 5.15. The van der Waals surface area contributed by atoms with Crippen LogP contribution in [-0.4, -0.2) is 33.8 Å². The first kappa shape index (κ1) is 26.3. The quantitative estimate of drug-likeness (QED) is 0.224. The van der Waals surface area contributed by atoms with E-state index in [0.717, 1.165) is 46.4 Å². The van der Waals surface area contributed by atoms with E-state index in [9.17, 15) is 9.59 Å². The zero-order valence-corrected chi connectivity index (χ0v) is 23.1. The van der Waals surface area contributed by atoms with Crippen molar-refractivity contribution in [1.29, 1.82) is 0 Å². The van der Waals surface area contributed by atoms with Gasteiger partial charge in [0.2, 0.25) is 0 Å². The van der Waals surface area contributed by atoms with Crippen molar-refractivity contribution in [2.75, 3.05) is 12.4 Å². The molecule has 3 aromatic carbocycles. The molecular formula is C33H30N4O4. The monoisotopic (exact) mass is 546 g/mol. The standard InChI is InChI=1S/C33H30N4O4/c1-21-17-20-37-30(34-21)29(35-32(39)41-22(2)23-7-5-4-6-8-23)28(36-37)26-11-9-24(10-12-26)25-13-15-27(16-14-25)33(18-19-33)31(38)40-3/h4-17,20,22H,18-19H2,1-3H3,(H,35,39). The summed E-state index contributed by atoms with van der Waals surface area (Å²) >= 11 is 0.